The summed E-state index contributed by atoms with van der Waals surface area (Å²) in [5, 5.41) is 0. The minimum atomic E-state index is -0.473. The molecule has 2 rings (SSSR count). The van der Waals surface area contributed by atoms with Crippen molar-refractivity contribution in [3.63, 3.8) is 0 Å². The van der Waals surface area contributed by atoms with Gasteiger partial charge in [-0.1, -0.05) is 0 Å². The van der Waals surface area contributed by atoms with Crippen molar-refractivity contribution in [1.82, 2.24) is 0 Å². The van der Waals surface area contributed by atoms with Crippen molar-refractivity contribution in [2.45, 2.75) is 26.2 Å². The zero-order chi connectivity index (χ0) is 13.7. The Bertz CT molecular complexity index is 608. The minimum absolute atomic E-state index is 0.107. The SMILES string of the molecule is Cc1ccccc1[N]=[Mo+2]=[CH]C(C)(C)c1ccccc1. The zero-order valence-corrected chi connectivity index (χ0v) is 13.6. The molecular formula is C17H19MoN+2. The Morgan fingerprint density at radius 2 is 1.58 bits per heavy atom. The van der Waals surface area contributed by atoms with Crippen molar-refractivity contribution in [2.24, 2.45) is 3.50 Å². The molecule has 0 aliphatic rings. The second-order valence-corrected chi connectivity index (χ2v) is 6.74. The standard InChI is InChI=1S/C10H12.C7H7N.Mo/c1-10(2,3)9-7-5-4-6-8-9;1-6-4-2-3-5-7(6)8;/h1,4-8H,2-3H3;2-5H,1H3;/q;;+2. The molecule has 0 aliphatic carbocycles. The van der Waals surface area contributed by atoms with Gasteiger partial charge in [0.2, 0.25) is 0 Å². The molecule has 0 bridgehead atoms. The van der Waals surface area contributed by atoms with Crippen molar-refractivity contribution in [3.05, 3.63) is 65.7 Å². The monoisotopic (exact) mass is 335 g/mol. The topological polar surface area (TPSA) is 12.4 Å². The van der Waals surface area contributed by atoms with Gasteiger partial charge in [-0.3, -0.25) is 0 Å². The third kappa shape index (κ3) is 3.88. The summed E-state index contributed by atoms with van der Waals surface area (Å²) in [5.41, 5.74) is 3.87. The Kier molecular flexibility index (Phi) is 4.71. The number of nitrogens with zero attached hydrogens (tertiary/aromatic N) is 1. The summed E-state index contributed by atoms with van der Waals surface area (Å²) < 4.78 is 7.19. The molecule has 2 aromatic rings. The van der Waals surface area contributed by atoms with E-state index in [9.17, 15) is 0 Å². The van der Waals surface area contributed by atoms with Crippen LogP contribution < -0.4 is 0 Å². The van der Waals surface area contributed by atoms with E-state index in [1.54, 1.807) is 0 Å². The Morgan fingerprint density at radius 3 is 2.26 bits per heavy atom. The predicted octanol–water partition coefficient (Wildman–Crippen LogP) is 4.67. The van der Waals surface area contributed by atoms with Crippen LogP contribution in [0.2, 0.25) is 0 Å². The van der Waals surface area contributed by atoms with E-state index >= 15 is 0 Å². The van der Waals surface area contributed by atoms with Crippen LogP contribution in [0.4, 0.5) is 5.69 Å². The Hall–Kier alpha value is -1.20. The predicted molar refractivity (Wildman–Crippen MR) is 78.8 cm³/mol. The average molecular weight is 333 g/mol. The van der Waals surface area contributed by atoms with Crippen LogP contribution in [0.3, 0.4) is 0 Å². The first kappa shape index (κ1) is 14.2. The van der Waals surface area contributed by atoms with Crippen LogP contribution >= 0.6 is 0 Å². The van der Waals surface area contributed by atoms with E-state index in [1.165, 1.54) is 11.1 Å². The van der Waals surface area contributed by atoms with Crippen LogP contribution in [-0.4, -0.2) is 4.40 Å². The van der Waals surface area contributed by atoms with Crippen molar-refractivity contribution in [3.8, 4) is 0 Å². The van der Waals surface area contributed by atoms with Gasteiger partial charge in [0.15, 0.2) is 0 Å². The van der Waals surface area contributed by atoms with E-state index in [0.717, 1.165) is 5.69 Å². The molecule has 0 unspecified atom stereocenters. The molecule has 0 N–H and O–H groups in total. The van der Waals surface area contributed by atoms with Gasteiger partial charge in [0.1, 0.15) is 0 Å². The summed E-state index contributed by atoms with van der Waals surface area (Å²) >= 11 is -0.473. The molecule has 96 valence electrons. The van der Waals surface area contributed by atoms with Gasteiger partial charge in [-0.15, -0.1) is 0 Å². The maximum atomic E-state index is 4.79. The summed E-state index contributed by atoms with van der Waals surface area (Å²) in [6, 6.07) is 19.0. The molecule has 2 heteroatoms. The van der Waals surface area contributed by atoms with Crippen LogP contribution in [0.1, 0.15) is 25.0 Å². The number of hydrogen-bond acceptors (Lipinski definition) is 1. The quantitative estimate of drug-likeness (QED) is 0.724. The summed E-state index contributed by atoms with van der Waals surface area (Å²) in [7, 11) is 0. The molecule has 0 aromatic heterocycles. The number of rotatable bonds is 3. The molecular weight excluding hydrogens is 314 g/mol. The Morgan fingerprint density at radius 1 is 0.947 bits per heavy atom. The van der Waals surface area contributed by atoms with E-state index in [2.05, 4.69) is 79.8 Å². The van der Waals surface area contributed by atoms with E-state index in [0.29, 0.717) is 0 Å². The molecule has 0 spiro atoms. The van der Waals surface area contributed by atoms with Gasteiger partial charge >= 0.3 is 123 Å². The Labute approximate surface area is 123 Å². The second-order valence-electron chi connectivity index (χ2n) is 5.19. The van der Waals surface area contributed by atoms with Crippen LogP contribution in [0, 0.1) is 6.92 Å². The third-order valence-electron chi connectivity index (χ3n) is 3.13. The first-order chi connectivity index (χ1) is 9.09. The summed E-state index contributed by atoms with van der Waals surface area (Å²) in [5.74, 6) is 0. The normalized spacial score (nSPS) is 10.7. The summed E-state index contributed by atoms with van der Waals surface area (Å²) in [6.07, 6.45) is 0. The van der Waals surface area contributed by atoms with Crippen LogP contribution in [-0.2, 0) is 23.3 Å². The van der Waals surface area contributed by atoms with Gasteiger partial charge in [0, 0.05) is 0 Å². The molecule has 0 radical (unpaired) electrons. The molecule has 0 saturated heterocycles. The van der Waals surface area contributed by atoms with E-state index < -0.39 is 17.9 Å². The van der Waals surface area contributed by atoms with Gasteiger partial charge < -0.3 is 0 Å². The number of aryl methyl sites for hydroxylation is 1. The van der Waals surface area contributed by atoms with Gasteiger partial charge in [-0.2, -0.15) is 0 Å². The first-order valence-corrected chi connectivity index (χ1v) is 8.47. The van der Waals surface area contributed by atoms with Crippen LogP contribution in [0.5, 0.6) is 0 Å². The molecule has 0 atom stereocenters. The van der Waals surface area contributed by atoms with Gasteiger partial charge in [-0.25, -0.2) is 0 Å². The second kappa shape index (κ2) is 6.30. The fraction of sp³-hybridized carbons (Fsp3) is 0.235. The summed E-state index contributed by atoms with van der Waals surface area (Å²) in [4.78, 5) is 0. The molecule has 2 aromatic carbocycles. The van der Waals surface area contributed by atoms with Crippen LogP contribution in [0.25, 0.3) is 0 Å². The fourth-order valence-electron chi connectivity index (χ4n) is 1.82. The zero-order valence-electron chi connectivity index (χ0n) is 11.6. The molecule has 0 saturated carbocycles. The van der Waals surface area contributed by atoms with Gasteiger partial charge in [-0.05, 0) is 0 Å². The number of benzene rings is 2. The van der Waals surface area contributed by atoms with E-state index in [1.807, 2.05) is 0 Å². The first-order valence-electron chi connectivity index (χ1n) is 6.42. The van der Waals surface area contributed by atoms with Crippen molar-refractivity contribution in [1.29, 1.82) is 0 Å². The van der Waals surface area contributed by atoms with Gasteiger partial charge in [0.05, 0.1) is 0 Å². The van der Waals surface area contributed by atoms with Gasteiger partial charge in [0.25, 0.3) is 0 Å². The van der Waals surface area contributed by atoms with E-state index in [4.69, 9.17) is 3.50 Å². The summed E-state index contributed by atoms with van der Waals surface area (Å²) in [6.45, 7) is 6.65. The molecule has 0 heterocycles. The Balaban J connectivity index is 2.25. The average Bonchev–Trinajstić information content (AvgIpc) is 2.42. The van der Waals surface area contributed by atoms with Crippen molar-refractivity contribution < 1.29 is 17.9 Å². The molecule has 19 heavy (non-hydrogen) atoms. The van der Waals surface area contributed by atoms with Crippen molar-refractivity contribution in [2.75, 3.05) is 0 Å². The third-order valence-corrected chi connectivity index (χ3v) is 5.58. The van der Waals surface area contributed by atoms with E-state index in [-0.39, 0.29) is 5.41 Å². The molecule has 0 fully saturated rings. The number of hydrogen-bond donors (Lipinski definition) is 0. The van der Waals surface area contributed by atoms with Crippen LogP contribution in [0.15, 0.2) is 58.1 Å². The molecule has 0 amide bonds. The molecule has 0 aliphatic heterocycles. The fourth-order valence-corrected chi connectivity index (χ4v) is 3.71. The molecule has 1 nitrogen and oxygen atoms in total. The maximum absolute atomic E-state index is 4.79. The van der Waals surface area contributed by atoms with Crippen molar-refractivity contribution >= 4 is 10.1 Å².